The highest BCUT2D eigenvalue weighted by Crippen LogP contribution is 2.33. The number of fused-ring (bicyclic) bond motifs is 1. The topological polar surface area (TPSA) is 56.5 Å². The molecule has 3 aromatic carbocycles. The van der Waals surface area contributed by atoms with Crippen molar-refractivity contribution < 1.29 is 9.53 Å². The van der Waals surface area contributed by atoms with Crippen LogP contribution in [-0.4, -0.2) is 20.9 Å². The Morgan fingerprint density at radius 1 is 0.806 bits per heavy atom. The Morgan fingerprint density at radius 2 is 1.52 bits per heavy atom. The molecule has 0 aliphatic heterocycles. The first kappa shape index (κ1) is 18.8. The smallest absolute Gasteiger partial charge is 0.166 e. The maximum absolute atomic E-state index is 11.4. The van der Waals surface area contributed by atoms with Gasteiger partial charge in [0.05, 0.1) is 17.5 Å². The number of hydrogen-bond acceptors (Lipinski definition) is 4. The lowest BCUT2D eigenvalue weighted by Crippen LogP contribution is -2.00. The van der Waals surface area contributed by atoms with Crippen LogP contribution in [0.3, 0.4) is 0 Å². The van der Waals surface area contributed by atoms with Crippen LogP contribution in [0.25, 0.3) is 28.0 Å². The Hall–Kier alpha value is -4.25. The van der Waals surface area contributed by atoms with Gasteiger partial charge in [-0.3, -0.25) is 4.79 Å². The minimum Gasteiger partial charge on any atom is -0.489 e. The number of carbonyl (C=O) groups is 1. The summed E-state index contributed by atoms with van der Waals surface area (Å²) in [5.74, 6) is 0.797. The maximum Gasteiger partial charge on any atom is 0.166 e. The van der Waals surface area contributed by atoms with E-state index in [9.17, 15) is 4.79 Å². The fourth-order valence-electron chi connectivity index (χ4n) is 3.59. The van der Waals surface area contributed by atoms with Crippen LogP contribution < -0.4 is 4.74 Å². The van der Waals surface area contributed by atoms with E-state index in [4.69, 9.17) is 4.74 Å². The van der Waals surface area contributed by atoms with E-state index in [1.54, 1.807) is 16.9 Å². The predicted octanol–water partition coefficient (Wildman–Crippen LogP) is 5.45. The van der Waals surface area contributed by atoms with Crippen molar-refractivity contribution in [2.24, 2.45) is 0 Å². The van der Waals surface area contributed by atoms with Gasteiger partial charge in [0, 0.05) is 17.3 Å². The Labute approximate surface area is 179 Å². The summed E-state index contributed by atoms with van der Waals surface area (Å²) in [6.45, 7) is 0.519. The van der Waals surface area contributed by atoms with Crippen molar-refractivity contribution in [1.29, 1.82) is 0 Å². The van der Waals surface area contributed by atoms with Gasteiger partial charge in [-0.15, -0.1) is 0 Å². The molecule has 2 aromatic heterocycles. The van der Waals surface area contributed by atoms with Crippen LogP contribution in [-0.2, 0) is 6.61 Å². The summed E-state index contributed by atoms with van der Waals surface area (Å²) in [5, 5.41) is 4.43. The average Bonchev–Trinajstić information content (AvgIpc) is 3.27. The molecule has 5 nitrogen and oxygen atoms in total. The van der Waals surface area contributed by atoms with E-state index in [1.165, 1.54) is 0 Å². The fourth-order valence-corrected chi connectivity index (χ4v) is 3.59. The Morgan fingerprint density at radius 3 is 2.23 bits per heavy atom. The number of ether oxygens (including phenoxy) is 1. The maximum atomic E-state index is 11.4. The summed E-state index contributed by atoms with van der Waals surface area (Å²) in [6, 6.07) is 28.0. The summed E-state index contributed by atoms with van der Waals surface area (Å²) in [6.07, 6.45) is 4.13. The number of hydrogen-bond donors (Lipinski definition) is 0. The van der Waals surface area contributed by atoms with Crippen LogP contribution in [0.5, 0.6) is 5.75 Å². The molecule has 0 saturated carbocycles. The highest BCUT2D eigenvalue weighted by atomic mass is 16.5. The fraction of sp³-hybridized carbons (Fsp3) is 0.0385. The first-order chi connectivity index (χ1) is 15.3. The molecule has 0 unspecified atom stereocenters. The van der Waals surface area contributed by atoms with Crippen molar-refractivity contribution >= 4 is 11.9 Å². The molecule has 0 saturated heterocycles. The molecule has 5 aromatic rings. The van der Waals surface area contributed by atoms with E-state index < -0.39 is 0 Å². The van der Waals surface area contributed by atoms with Crippen molar-refractivity contribution in [3.8, 4) is 28.1 Å². The molecule has 0 N–H and O–H groups in total. The summed E-state index contributed by atoms with van der Waals surface area (Å²) in [4.78, 5) is 15.9. The zero-order valence-electron chi connectivity index (χ0n) is 16.7. The molecule has 0 spiro atoms. The van der Waals surface area contributed by atoms with Crippen LogP contribution in [0.2, 0.25) is 0 Å². The Balaban J connectivity index is 1.53. The summed E-state index contributed by atoms with van der Waals surface area (Å²) >= 11 is 0. The van der Waals surface area contributed by atoms with Gasteiger partial charge in [0.15, 0.2) is 11.9 Å². The lowest BCUT2D eigenvalue weighted by molar-refractivity contribution is 0.112. The quantitative estimate of drug-likeness (QED) is 0.352. The van der Waals surface area contributed by atoms with E-state index in [0.29, 0.717) is 17.8 Å². The standard InChI is InChI=1S/C26H19N3O2/c30-17-22-15-28-29-25(21-9-5-2-6-10-21)24(16-27-26(22)29)20-11-13-23(14-12-20)31-18-19-7-3-1-4-8-19/h1-17H,18H2. The largest absolute Gasteiger partial charge is 0.489 e. The second-order valence-electron chi connectivity index (χ2n) is 7.14. The van der Waals surface area contributed by atoms with E-state index in [2.05, 4.69) is 10.1 Å². The summed E-state index contributed by atoms with van der Waals surface area (Å²) in [5.41, 5.74) is 5.93. The molecule has 0 bridgehead atoms. The van der Waals surface area contributed by atoms with Crippen LogP contribution in [0, 0.1) is 0 Å². The van der Waals surface area contributed by atoms with Gasteiger partial charge in [-0.25, -0.2) is 9.50 Å². The zero-order chi connectivity index (χ0) is 21.0. The number of rotatable bonds is 6. The first-order valence-electron chi connectivity index (χ1n) is 9.98. The summed E-state index contributed by atoms with van der Waals surface area (Å²) < 4.78 is 7.64. The number of nitrogens with zero attached hydrogens (tertiary/aromatic N) is 3. The minimum atomic E-state index is 0.466. The molecule has 2 heterocycles. The molecule has 0 amide bonds. The van der Waals surface area contributed by atoms with E-state index in [0.717, 1.165) is 40.0 Å². The van der Waals surface area contributed by atoms with Gasteiger partial charge in [-0.1, -0.05) is 72.8 Å². The average molecular weight is 405 g/mol. The molecule has 0 aliphatic rings. The van der Waals surface area contributed by atoms with Gasteiger partial charge in [0.2, 0.25) is 0 Å². The molecule has 5 rings (SSSR count). The van der Waals surface area contributed by atoms with Gasteiger partial charge in [0.25, 0.3) is 0 Å². The van der Waals surface area contributed by atoms with Crippen LogP contribution in [0.4, 0.5) is 0 Å². The van der Waals surface area contributed by atoms with Gasteiger partial charge in [-0.05, 0) is 23.3 Å². The third kappa shape index (κ3) is 3.69. The van der Waals surface area contributed by atoms with Crippen LogP contribution in [0.15, 0.2) is 97.3 Å². The zero-order valence-corrected chi connectivity index (χ0v) is 16.7. The predicted molar refractivity (Wildman–Crippen MR) is 120 cm³/mol. The molecule has 31 heavy (non-hydrogen) atoms. The molecule has 150 valence electrons. The SMILES string of the molecule is O=Cc1cnn2c(-c3ccccc3)c(-c3ccc(OCc4ccccc4)cc3)cnc12. The van der Waals surface area contributed by atoms with Gasteiger partial charge < -0.3 is 4.74 Å². The number of benzene rings is 3. The number of aldehydes is 1. The van der Waals surface area contributed by atoms with Gasteiger partial charge in [-0.2, -0.15) is 5.10 Å². The molecule has 0 atom stereocenters. The highest BCUT2D eigenvalue weighted by Gasteiger charge is 2.16. The number of aromatic nitrogens is 3. The lowest BCUT2D eigenvalue weighted by atomic mass is 10.0. The van der Waals surface area contributed by atoms with Crippen molar-refractivity contribution in [1.82, 2.24) is 14.6 Å². The molecular weight excluding hydrogens is 386 g/mol. The van der Waals surface area contributed by atoms with Gasteiger partial charge >= 0.3 is 0 Å². The van der Waals surface area contributed by atoms with E-state index >= 15 is 0 Å². The Bertz CT molecular complexity index is 1330. The van der Waals surface area contributed by atoms with Crippen LogP contribution in [0.1, 0.15) is 15.9 Å². The Kier molecular flexibility index (Phi) is 4.99. The first-order valence-corrected chi connectivity index (χ1v) is 9.98. The van der Waals surface area contributed by atoms with Crippen molar-refractivity contribution in [2.45, 2.75) is 6.61 Å². The monoisotopic (exact) mass is 405 g/mol. The second kappa shape index (κ2) is 8.24. The van der Waals surface area contributed by atoms with Crippen molar-refractivity contribution in [3.05, 3.63) is 108 Å². The van der Waals surface area contributed by atoms with Crippen LogP contribution >= 0.6 is 0 Å². The number of carbonyl (C=O) groups excluding carboxylic acids is 1. The molecular formula is C26H19N3O2. The molecule has 0 radical (unpaired) electrons. The normalized spacial score (nSPS) is 10.8. The van der Waals surface area contributed by atoms with Crippen molar-refractivity contribution in [3.63, 3.8) is 0 Å². The lowest BCUT2D eigenvalue weighted by Gasteiger charge is -2.13. The molecule has 0 fully saturated rings. The highest BCUT2D eigenvalue weighted by molar-refractivity contribution is 5.88. The minimum absolute atomic E-state index is 0.466. The second-order valence-corrected chi connectivity index (χ2v) is 7.14. The van der Waals surface area contributed by atoms with Gasteiger partial charge in [0.1, 0.15) is 12.4 Å². The summed E-state index contributed by atoms with van der Waals surface area (Å²) in [7, 11) is 0. The van der Waals surface area contributed by atoms with Crippen molar-refractivity contribution in [2.75, 3.05) is 0 Å². The van der Waals surface area contributed by atoms with E-state index in [-0.39, 0.29) is 0 Å². The van der Waals surface area contributed by atoms with E-state index in [1.807, 2.05) is 84.9 Å². The molecule has 0 aliphatic carbocycles. The third-order valence-electron chi connectivity index (χ3n) is 5.14. The molecule has 5 heteroatoms. The third-order valence-corrected chi connectivity index (χ3v) is 5.14.